The topological polar surface area (TPSA) is 119 Å². The van der Waals surface area contributed by atoms with Gasteiger partial charge in [0, 0.05) is 17.9 Å². The van der Waals surface area contributed by atoms with Crippen molar-refractivity contribution < 1.29 is 19.1 Å². The minimum absolute atomic E-state index is 0.210. The van der Waals surface area contributed by atoms with Gasteiger partial charge in [-0.3, -0.25) is 14.4 Å². The molecule has 8 heteroatoms. The summed E-state index contributed by atoms with van der Waals surface area (Å²) in [7, 11) is 0. The number of rotatable bonds is 5. The summed E-state index contributed by atoms with van der Waals surface area (Å²) in [5.41, 5.74) is 8.52. The Morgan fingerprint density at radius 1 is 0.969 bits per heavy atom. The van der Waals surface area contributed by atoms with Gasteiger partial charge in [-0.2, -0.15) is 0 Å². The van der Waals surface area contributed by atoms with Crippen LogP contribution in [-0.2, 0) is 20.7 Å². The maximum absolute atomic E-state index is 11.6. The first-order valence-corrected chi connectivity index (χ1v) is 10.8. The van der Waals surface area contributed by atoms with E-state index >= 15 is 0 Å². The molecular weight excluding hydrogens is 408 g/mol. The van der Waals surface area contributed by atoms with Gasteiger partial charge < -0.3 is 15.4 Å². The van der Waals surface area contributed by atoms with E-state index in [4.69, 9.17) is 11.6 Å². The van der Waals surface area contributed by atoms with E-state index < -0.39 is 5.91 Å². The summed E-state index contributed by atoms with van der Waals surface area (Å²) < 4.78 is 4.34. The van der Waals surface area contributed by atoms with Crippen LogP contribution in [0.5, 0.6) is 0 Å². The highest BCUT2D eigenvalue weighted by Gasteiger charge is 2.16. The van der Waals surface area contributed by atoms with E-state index in [2.05, 4.69) is 10.8 Å². The predicted molar refractivity (Wildman–Crippen MR) is 124 cm³/mol. The highest BCUT2D eigenvalue weighted by molar-refractivity contribution is 5.98. The molecule has 2 aliphatic rings. The molecule has 4 rings (SSSR count). The van der Waals surface area contributed by atoms with Crippen LogP contribution in [0.15, 0.2) is 48.5 Å². The average molecular weight is 441 g/mol. The lowest BCUT2D eigenvalue weighted by Crippen LogP contribution is -2.39. The number of anilines is 2. The minimum atomic E-state index is -0.505. The molecular formula is C24H32N4O4. The molecule has 0 aromatic heterocycles. The molecule has 0 atom stereocenters. The number of para-hydroxylation sites is 2. The summed E-state index contributed by atoms with van der Waals surface area (Å²) in [6.45, 7) is 0.737. The fourth-order valence-electron chi connectivity index (χ4n) is 3.55. The first kappa shape index (κ1) is 24.9. The lowest BCUT2D eigenvalue weighted by Gasteiger charge is -2.15. The van der Waals surface area contributed by atoms with Crippen LogP contribution in [0.2, 0.25) is 0 Å². The molecule has 0 bridgehead atoms. The molecule has 0 unspecified atom stereocenters. The van der Waals surface area contributed by atoms with Crippen molar-refractivity contribution in [2.75, 3.05) is 23.9 Å². The molecule has 1 saturated carbocycles. The van der Waals surface area contributed by atoms with Crippen molar-refractivity contribution in [3.63, 3.8) is 0 Å². The summed E-state index contributed by atoms with van der Waals surface area (Å²) >= 11 is 0. The van der Waals surface area contributed by atoms with Gasteiger partial charge in [0.15, 0.2) is 6.73 Å². The van der Waals surface area contributed by atoms with Crippen LogP contribution in [0.1, 0.15) is 54.4 Å². The highest BCUT2D eigenvalue weighted by atomic mass is 16.5. The molecule has 0 saturated heterocycles. The van der Waals surface area contributed by atoms with Gasteiger partial charge in [-0.05, 0) is 30.2 Å². The number of fused-ring (bicyclic) bond motifs is 1. The molecule has 0 radical (unpaired) electrons. The molecule has 1 aliphatic carbocycles. The lowest BCUT2D eigenvalue weighted by molar-refractivity contribution is -0.132. The van der Waals surface area contributed by atoms with Crippen molar-refractivity contribution in [2.24, 2.45) is 5.84 Å². The Morgan fingerprint density at radius 2 is 1.56 bits per heavy atom. The van der Waals surface area contributed by atoms with Crippen LogP contribution in [0.3, 0.4) is 0 Å². The van der Waals surface area contributed by atoms with E-state index in [1.165, 1.54) is 44.1 Å². The predicted octanol–water partition coefficient (Wildman–Crippen LogP) is 3.26. The Kier molecular flexibility index (Phi) is 10.7. The van der Waals surface area contributed by atoms with Crippen LogP contribution < -0.4 is 16.5 Å². The Bertz CT molecular complexity index is 859. The SMILES string of the molecule is C1CCCCC1.Nc1ccccc1C(=O)N(N)COC=O.O=CN1CCc2ccccc21. The molecule has 1 aliphatic heterocycles. The van der Waals surface area contributed by atoms with Crippen LogP contribution in [0.25, 0.3) is 0 Å². The third kappa shape index (κ3) is 7.70. The largest absolute Gasteiger partial charge is 0.445 e. The van der Waals surface area contributed by atoms with Crippen molar-refractivity contribution in [2.45, 2.75) is 44.9 Å². The maximum Gasteiger partial charge on any atom is 0.294 e. The van der Waals surface area contributed by atoms with Crippen molar-refractivity contribution >= 4 is 30.2 Å². The van der Waals surface area contributed by atoms with Gasteiger partial charge in [0.2, 0.25) is 6.41 Å². The summed E-state index contributed by atoms with van der Waals surface area (Å²) in [4.78, 5) is 33.7. The Morgan fingerprint density at radius 3 is 2.16 bits per heavy atom. The molecule has 1 heterocycles. The van der Waals surface area contributed by atoms with E-state index in [1.807, 2.05) is 18.2 Å². The number of benzene rings is 2. The quantitative estimate of drug-likeness (QED) is 0.184. The Balaban J connectivity index is 0.000000185. The van der Waals surface area contributed by atoms with E-state index in [0.29, 0.717) is 5.69 Å². The Hall–Kier alpha value is -3.39. The average Bonchev–Trinajstić information content (AvgIpc) is 3.27. The fourth-order valence-corrected chi connectivity index (χ4v) is 3.55. The number of nitrogens with two attached hydrogens (primary N) is 2. The second-order valence-corrected chi connectivity index (χ2v) is 7.55. The second kappa shape index (κ2) is 13.8. The van der Waals surface area contributed by atoms with Crippen LogP contribution >= 0.6 is 0 Å². The molecule has 0 spiro atoms. The maximum atomic E-state index is 11.6. The summed E-state index contributed by atoms with van der Waals surface area (Å²) in [6.07, 6.45) is 10.9. The van der Waals surface area contributed by atoms with Crippen molar-refractivity contribution in [3.8, 4) is 0 Å². The number of hydrogen-bond acceptors (Lipinski definition) is 6. The van der Waals surface area contributed by atoms with E-state index in [1.54, 1.807) is 29.2 Å². The molecule has 1 fully saturated rings. The normalized spacial score (nSPS) is 14.0. The van der Waals surface area contributed by atoms with Crippen LogP contribution in [-0.4, -0.2) is 37.1 Å². The highest BCUT2D eigenvalue weighted by Crippen LogP contribution is 2.25. The fraction of sp³-hybridized carbons (Fsp3) is 0.375. The van der Waals surface area contributed by atoms with Gasteiger partial charge in [0.25, 0.3) is 12.4 Å². The molecule has 2 aromatic carbocycles. The number of nitrogen functional groups attached to an aromatic ring is 1. The number of carbonyl (C=O) groups is 3. The van der Waals surface area contributed by atoms with Gasteiger partial charge in [-0.1, -0.05) is 68.9 Å². The molecule has 4 N–H and O–H groups in total. The summed E-state index contributed by atoms with van der Waals surface area (Å²) in [6, 6.07) is 14.5. The first-order chi connectivity index (χ1) is 15.6. The molecule has 2 aromatic rings. The summed E-state index contributed by atoms with van der Waals surface area (Å²) in [5.74, 6) is 4.84. The van der Waals surface area contributed by atoms with Gasteiger partial charge >= 0.3 is 0 Å². The third-order valence-corrected chi connectivity index (χ3v) is 5.28. The van der Waals surface area contributed by atoms with Gasteiger partial charge in [-0.15, -0.1) is 0 Å². The van der Waals surface area contributed by atoms with E-state index in [-0.39, 0.29) is 18.8 Å². The van der Waals surface area contributed by atoms with Crippen LogP contribution in [0, 0.1) is 0 Å². The number of ether oxygens (including phenoxy) is 1. The Labute approximate surface area is 189 Å². The second-order valence-electron chi connectivity index (χ2n) is 7.55. The number of amides is 2. The number of carbonyl (C=O) groups excluding carboxylic acids is 3. The zero-order chi connectivity index (χ0) is 23.2. The van der Waals surface area contributed by atoms with Gasteiger partial charge in [0.05, 0.1) is 5.56 Å². The molecule has 172 valence electrons. The molecule has 8 nitrogen and oxygen atoms in total. The van der Waals surface area contributed by atoms with Gasteiger partial charge in [-0.25, -0.2) is 10.9 Å². The van der Waals surface area contributed by atoms with Crippen molar-refractivity contribution in [1.29, 1.82) is 0 Å². The minimum Gasteiger partial charge on any atom is -0.445 e. The molecule has 32 heavy (non-hydrogen) atoms. The number of nitrogens with zero attached hydrogens (tertiary/aromatic N) is 2. The third-order valence-electron chi connectivity index (χ3n) is 5.28. The molecule has 2 amide bonds. The zero-order valence-electron chi connectivity index (χ0n) is 18.3. The number of hydrogen-bond donors (Lipinski definition) is 2. The number of hydrazine groups is 1. The lowest BCUT2D eigenvalue weighted by atomic mass is 10.0. The zero-order valence-corrected chi connectivity index (χ0v) is 18.3. The monoisotopic (exact) mass is 440 g/mol. The first-order valence-electron chi connectivity index (χ1n) is 10.8. The van der Waals surface area contributed by atoms with Crippen molar-refractivity contribution in [1.82, 2.24) is 5.01 Å². The van der Waals surface area contributed by atoms with Gasteiger partial charge in [0.1, 0.15) is 0 Å². The van der Waals surface area contributed by atoms with Crippen molar-refractivity contribution in [3.05, 3.63) is 59.7 Å². The van der Waals surface area contributed by atoms with Crippen LogP contribution in [0.4, 0.5) is 11.4 Å². The van der Waals surface area contributed by atoms with E-state index in [9.17, 15) is 14.4 Å². The smallest absolute Gasteiger partial charge is 0.294 e. The standard InChI is InChI=1S/C9H11N3O3.C9H9NO.C6H12/c10-8-4-2-1-3-7(8)9(14)12(11)5-15-6-13;11-7-10-6-5-8-3-1-2-4-9(8)10;1-2-4-6-5-3-1/h1-4,6H,5,10-11H2;1-4,7H,5-6H2;1-6H2. The van der Waals surface area contributed by atoms with E-state index in [0.717, 1.165) is 30.1 Å². The summed E-state index contributed by atoms with van der Waals surface area (Å²) in [5, 5.41) is 0.764.